The van der Waals surface area contributed by atoms with Gasteiger partial charge in [-0.25, -0.2) is 4.79 Å². The number of aliphatic hydroxyl groups excluding tert-OH is 2. The average molecular weight is 387 g/mol. The van der Waals surface area contributed by atoms with Crippen molar-refractivity contribution in [3.05, 3.63) is 76.9 Å². The third kappa shape index (κ3) is 4.95. The molecular weight excluding hydrogens is 368 g/mol. The van der Waals surface area contributed by atoms with Crippen LogP contribution in [0.3, 0.4) is 0 Å². The number of benzene rings is 2. The fraction of sp³-hybridized carbons (Fsp3) is 0.200. The Hall–Kier alpha value is -2.67. The molecule has 0 radical (unpaired) electrons. The van der Waals surface area contributed by atoms with Gasteiger partial charge in [-0.2, -0.15) is 0 Å². The van der Waals surface area contributed by atoms with Gasteiger partial charge in [0.25, 0.3) is 0 Å². The quantitative estimate of drug-likeness (QED) is 0.605. The summed E-state index contributed by atoms with van der Waals surface area (Å²) in [6, 6.07) is 16.0. The topological polar surface area (TPSA) is 91.7 Å². The normalized spacial score (nSPS) is 13.1. The number of alkyl carbamates (subject to hydrolysis) is 1. The molecule has 3 aromatic rings. The standard InChI is InChI=1S/C20H19ClN2O4/c21-16-8-9-22-17-7-6-14(10-15(16)17)19(25)18(24)11-23-20(26)27-12-13-4-2-1-3-5-13/h1-10,18-19,24-25H,11-12H2,(H,23,26). The molecule has 2 atom stereocenters. The van der Waals surface area contributed by atoms with E-state index in [1.165, 1.54) is 0 Å². The number of aliphatic hydroxyl groups is 2. The van der Waals surface area contributed by atoms with Crippen molar-refractivity contribution in [2.24, 2.45) is 0 Å². The smallest absolute Gasteiger partial charge is 0.407 e. The molecule has 27 heavy (non-hydrogen) atoms. The zero-order chi connectivity index (χ0) is 19.2. The molecule has 3 N–H and O–H groups in total. The third-order valence-electron chi connectivity index (χ3n) is 4.09. The number of nitrogens with one attached hydrogen (secondary N) is 1. The minimum atomic E-state index is -1.21. The summed E-state index contributed by atoms with van der Waals surface area (Å²) in [4.78, 5) is 15.9. The predicted octanol–water partition coefficient (Wildman–Crippen LogP) is 3.21. The van der Waals surface area contributed by atoms with Crippen LogP contribution in [0.15, 0.2) is 60.8 Å². The van der Waals surface area contributed by atoms with Crippen LogP contribution in [-0.4, -0.2) is 33.9 Å². The summed E-state index contributed by atoms with van der Waals surface area (Å²) in [5.41, 5.74) is 2.02. The number of pyridine rings is 1. The Morgan fingerprint density at radius 2 is 1.93 bits per heavy atom. The van der Waals surface area contributed by atoms with E-state index in [1.54, 1.807) is 30.5 Å². The van der Waals surface area contributed by atoms with Crippen molar-refractivity contribution in [3.63, 3.8) is 0 Å². The summed E-state index contributed by atoms with van der Waals surface area (Å²) in [6.45, 7) is -0.0326. The molecular formula is C20H19ClN2O4. The number of carbonyl (C=O) groups is 1. The summed E-state index contributed by atoms with van der Waals surface area (Å²) in [5, 5.41) is 24.2. The van der Waals surface area contributed by atoms with Crippen LogP contribution >= 0.6 is 11.6 Å². The molecule has 0 saturated heterocycles. The lowest BCUT2D eigenvalue weighted by molar-refractivity contribution is 0.0185. The molecule has 0 aliphatic rings. The largest absolute Gasteiger partial charge is 0.445 e. The van der Waals surface area contributed by atoms with Crippen molar-refractivity contribution < 1.29 is 19.7 Å². The molecule has 1 heterocycles. The minimum Gasteiger partial charge on any atom is -0.445 e. The number of hydrogen-bond acceptors (Lipinski definition) is 5. The number of carbonyl (C=O) groups excluding carboxylic acids is 1. The highest BCUT2D eigenvalue weighted by Gasteiger charge is 2.20. The number of nitrogens with zero attached hydrogens (tertiary/aromatic N) is 1. The van der Waals surface area contributed by atoms with Crippen molar-refractivity contribution in [1.29, 1.82) is 0 Å². The van der Waals surface area contributed by atoms with E-state index in [-0.39, 0.29) is 13.2 Å². The Kier molecular flexibility index (Phi) is 6.24. The predicted molar refractivity (Wildman–Crippen MR) is 102 cm³/mol. The van der Waals surface area contributed by atoms with E-state index in [1.807, 2.05) is 30.3 Å². The van der Waals surface area contributed by atoms with Gasteiger partial charge in [0.1, 0.15) is 18.8 Å². The molecule has 1 amide bonds. The van der Waals surface area contributed by atoms with Crippen molar-refractivity contribution >= 4 is 28.6 Å². The van der Waals surface area contributed by atoms with Gasteiger partial charge in [-0.05, 0) is 29.3 Å². The lowest BCUT2D eigenvalue weighted by Crippen LogP contribution is -2.35. The highest BCUT2D eigenvalue weighted by molar-refractivity contribution is 6.35. The second-order valence-electron chi connectivity index (χ2n) is 6.02. The average Bonchev–Trinajstić information content (AvgIpc) is 2.70. The Bertz CT molecular complexity index is 920. The molecule has 140 valence electrons. The van der Waals surface area contributed by atoms with Crippen LogP contribution < -0.4 is 5.32 Å². The van der Waals surface area contributed by atoms with Gasteiger partial charge in [0.15, 0.2) is 0 Å². The molecule has 6 nitrogen and oxygen atoms in total. The maximum Gasteiger partial charge on any atom is 0.407 e. The van der Waals surface area contributed by atoms with Gasteiger partial charge < -0.3 is 20.3 Å². The van der Waals surface area contributed by atoms with E-state index >= 15 is 0 Å². The Balaban J connectivity index is 1.55. The lowest BCUT2D eigenvalue weighted by atomic mass is 10.0. The summed E-state index contributed by atoms with van der Waals surface area (Å²) in [5.74, 6) is 0. The number of aromatic nitrogens is 1. The zero-order valence-corrected chi connectivity index (χ0v) is 15.1. The SMILES string of the molecule is O=C(NCC(O)C(O)c1ccc2nccc(Cl)c2c1)OCc1ccccc1. The maximum absolute atomic E-state index is 11.7. The summed E-state index contributed by atoms with van der Waals surface area (Å²) < 4.78 is 5.07. The molecule has 0 spiro atoms. The van der Waals surface area contributed by atoms with Gasteiger partial charge in [0, 0.05) is 18.1 Å². The molecule has 0 aliphatic carbocycles. The number of halogens is 1. The first-order valence-electron chi connectivity index (χ1n) is 8.39. The molecule has 0 bridgehead atoms. The Morgan fingerprint density at radius 3 is 2.70 bits per heavy atom. The van der Waals surface area contributed by atoms with E-state index in [2.05, 4.69) is 10.3 Å². The maximum atomic E-state index is 11.7. The summed E-state index contributed by atoms with van der Waals surface area (Å²) >= 11 is 6.14. The molecule has 7 heteroatoms. The van der Waals surface area contributed by atoms with Crippen LogP contribution in [0.5, 0.6) is 0 Å². The van der Waals surface area contributed by atoms with Crippen molar-refractivity contribution in [3.8, 4) is 0 Å². The van der Waals surface area contributed by atoms with Gasteiger partial charge in [-0.1, -0.05) is 48.0 Å². The monoisotopic (exact) mass is 386 g/mol. The Morgan fingerprint density at radius 1 is 1.15 bits per heavy atom. The molecule has 2 aromatic carbocycles. The second kappa shape index (κ2) is 8.81. The number of fused-ring (bicyclic) bond motifs is 1. The van der Waals surface area contributed by atoms with Gasteiger partial charge in [0.05, 0.1) is 10.5 Å². The Labute approximate surface area is 161 Å². The molecule has 2 unspecified atom stereocenters. The van der Waals surface area contributed by atoms with E-state index in [0.29, 0.717) is 21.5 Å². The van der Waals surface area contributed by atoms with Crippen molar-refractivity contribution in [2.45, 2.75) is 18.8 Å². The van der Waals surface area contributed by atoms with Crippen molar-refractivity contribution in [2.75, 3.05) is 6.54 Å². The highest BCUT2D eigenvalue weighted by Crippen LogP contribution is 2.26. The van der Waals surface area contributed by atoms with Gasteiger partial charge in [0.2, 0.25) is 0 Å². The van der Waals surface area contributed by atoms with Crippen LogP contribution in [0.4, 0.5) is 4.79 Å². The highest BCUT2D eigenvalue weighted by atomic mass is 35.5. The van der Waals surface area contributed by atoms with Crippen LogP contribution in [-0.2, 0) is 11.3 Å². The second-order valence-corrected chi connectivity index (χ2v) is 6.43. The van der Waals surface area contributed by atoms with Crippen LogP contribution in [0.25, 0.3) is 10.9 Å². The molecule has 1 aromatic heterocycles. The van der Waals surface area contributed by atoms with E-state index in [4.69, 9.17) is 16.3 Å². The summed E-state index contributed by atoms with van der Waals surface area (Å²) in [6.07, 6.45) is -1.47. The molecule has 0 saturated carbocycles. The van der Waals surface area contributed by atoms with Gasteiger partial charge >= 0.3 is 6.09 Å². The molecule has 3 rings (SSSR count). The van der Waals surface area contributed by atoms with E-state index in [9.17, 15) is 15.0 Å². The number of ether oxygens (including phenoxy) is 1. The number of amides is 1. The molecule has 0 aliphatic heterocycles. The number of rotatable bonds is 6. The minimum absolute atomic E-state index is 0.126. The third-order valence-corrected chi connectivity index (χ3v) is 4.42. The lowest BCUT2D eigenvalue weighted by Gasteiger charge is -2.19. The van der Waals surface area contributed by atoms with Gasteiger partial charge in [-0.3, -0.25) is 4.98 Å². The fourth-order valence-corrected chi connectivity index (χ4v) is 2.82. The fourth-order valence-electron chi connectivity index (χ4n) is 2.61. The van der Waals surface area contributed by atoms with Crippen LogP contribution in [0.2, 0.25) is 5.02 Å². The van der Waals surface area contributed by atoms with Gasteiger partial charge in [-0.15, -0.1) is 0 Å². The zero-order valence-electron chi connectivity index (χ0n) is 14.4. The van der Waals surface area contributed by atoms with Crippen molar-refractivity contribution in [1.82, 2.24) is 10.3 Å². The summed E-state index contributed by atoms with van der Waals surface area (Å²) in [7, 11) is 0. The van der Waals surface area contributed by atoms with E-state index < -0.39 is 18.3 Å². The number of hydrogen-bond donors (Lipinski definition) is 3. The first-order valence-corrected chi connectivity index (χ1v) is 8.77. The molecule has 0 fully saturated rings. The van der Waals surface area contributed by atoms with Crippen LogP contribution in [0.1, 0.15) is 17.2 Å². The first-order chi connectivity index (χ1) is 13.0. The van der Waals surface area contributed by atoms with E-state index in [0.717, 1.165) is 5.56 Å². The van der Waals surface area contributed by atoms with Crippen LogP contribution in [0, 0.1) is 0 Å². The first kappa shape index (κ1) is 19.1.